The molecule has 0 bridgehead atoms. The molecule has 14 aromatic rings. The number of nitrogens with zero attached hydrogens (tertiary/aromatic N) is 2. The Morgan fingerprint density at radius 3 is 1.77 bits per heavy atom. The molecular formula is C58H34N2O2. The first kappa shape index (κ1) is 33.5. The number of hydrogen-bond donors (Lipinski definition) is 0. The van der Waals surface area contributed by atoms with Gasteiger partial charge in [-0.15, -0.1) is 0 Å². The molecule has 10 aromatic carbocycles. The summed E-state index contributed by atoms with van der Waals surface area (Å²) < 4.78 is 18.3. The lowest BCUT2D eigenvalue weighted by Gasteiger charge is -2.11. The van der Waals surface area contributed by atoms with Crippen molar-refractivity contribution in [3.05, 3.63) is 206 Å². The lowest BCUT2D eigenvalue weighted by molar-refractivity contribution is 0.665. The van der Waals surface area contributed by atoms with Gasteiger partial charge in [0.2, 0.25) is 0 Å². The van der Waals surface area contributed by atoms with E-state index in [0.717, 1.165) is 71.9 Å². The van der Waals surface area contributed by atoms with E-state index in [2.05, 4.69) is 203 Å². The Morgan fingerprint density at radius 2 is 0.935 bits per heavy atom. The number of benzene rings is 10. The van der Waals surface area contributed by atoms with Crippen LogP contribution in [0.15, 0.2) is 215 Å². The van der Waals surface area contributed by atoms with Crippen molar-refractivity contribution >= 4 is 98.3 Å². The van der Waals surface area contributed by atoms with Gasteiger partial charge in [-0.05, 0) is 82.6 Å². The van der Waals surface area contributed by atoms with Crippen LogP contribution in [-0.4, -0.2) is 9.13 Å². The van der Waals surface area contributed by atoms with Gasteiger partial charge >= 0.3 is 0 Å². The van der Waals surface area contributed by atoms with Crippen LogP contribution < -0.4 is 0 Å². The molecule has 4 heterocycles. The van der Waals surface area contributed by atoms with Gasteiger partial charge < -0.3 is 18.0 Å². The van der Waals surface area contributed by atoms with Gasteiger partial charge in [-0.3, -0.25) is 0 Å². The minimum atomic E-state index is 0.846. The zero-order valence-electron chi connectivity index (χ0n) is 33.3. The summed E-state index contributed by atoms with van der Waals surface area (Å²) >= 11 is 0. The van der Waals surface area contributed by atoms with Gasteiger partial charge in [0.15, 0.2) is 0 Å². The van der Waals surface area contributed by atoms with Crippen LogP contribution in [-0.2, 0) is 0 Å². The van der Waals surface area contributed by atoms with Crippen molar-refractivity contribution in [1.29, 1.82) is 0 Å². The van der Waals surface area contributed by atoms with Crippen LogP contribution in [0.25, 0.3) is 132 Å². The highest BCUT2D eigenvalue weighted by Gasteiger charge is 2.23. The summed E-state index contributed by atoms with van der Waals surface area (Å²) in [6.45, 7) is 0. The summed E-state index contributed by atoms with van der Waals surface area (Å²) in [4.78, 5) is 0. The van der Waals surface area contributed by atoms with Crippen molar-refractivity contribution < 1.29 is 8.83 Å². The molecule has 14 rings (SSSR count). The first-order valence-corrected chi connectivity index (χ1v) is 21.2. The molecule has 0 spiro atoms. The third kappa shape index (κ3) is 4.66. The monoisotopic (exact) mass is 790 g/mol. The fourth-order valence-electron chi connectivity index (χ4n) is 10.3. The van der Waals surface area contributed by atoms with E-state index in [-0.39, 0.29) is 0 Å². The number of rotatable bonds is 4. The highest BCUT2D eigenvalue weighted by molar-refractivity contribution is 6.27. The maximum atomic E-state index is 6.83. The smallest absolute Gasteiger partial charge is 0.143 e. The van der Waals surface area contributed by atoms with E-state index in [1.54, 1.807) is 0 Å². The Kier molecular flexibility index (Phi) is 6.80. The number of para-hydroxylation sites is 4. The van der Waals surface area contributed by atoms with E-state index in [9.17, 15) is 0 Å². The van der Waals surface area contributed by atoms with Gasteiger partial charge in [-0.25, -0.2) is 0 Å². The van der Waals surface area contributed by atoms with E-state index >= 15 is 0 Å². The molecule has 0 saturated heterocycles. The van der Waals surface area contributed by atoms with Crippen LogP contribution in [0.2, 0.25) is 0 Å². The number of fused-ring (bicyclic) bond motifs is 14. The van der Waals surface area contributed by atoms with Crippen molar-refractivity contribution in [2.75, 3.05) is 0 Å². The zero-order chi connectivity index (χ0) is 40.5. The Hall–Kier alpha value is -8.34. The molecular weight excluding hydrogens is 757 g/mol. The summed E-state index contributed by atoms with van der Waals surface area (Å²) in [6, 6.07) is 74.3. The quantitative estimate of drug-likeness (QED) is 0.178. The van der Waals surface area contributed by atoms with Crippen molar-refractivity contribution in [1.82, 2.24) is 9.13 Å². The molecule has 0 aliphatic rings. The molecule has 62 heavy (non-hydrogen) atoms. The highest BCUT2D eigenvalue weighted by atomic mass is 16.3. The Labute approximate surface area is 354 Å². The van der Waals surface area contributed by atoms with Crippen molar-refractivity contribution in [3.63, 3.8) is 0 Å². The van der Waals surface area contributed by atoms with Gasteiger partial charge in [0.05, 0.1) is 22.1 Å². The zero-order valence-corrected chi connectivity index (χ0v) is 33.3. The van der Waals surface area contributed by atoms with Gasteiger partial charge in [-0.2, -0.15) is 0 Å². The van der Waals surface area contributed by atoms with E-state index in [1.807, 2.05) is 12.1 Å². The molecule has 0 aliphatic heterocycles. The van der Waals surface area contributed by atoms with Crippen molar-refractivity contribution in [2.24, 2.45) is 0 Å². The number of furan rings is 2. The third-order valence-corrected chi connectivity index (χ3v) is 13.1. The van der Waals surface area contributed by atoms with E-state index < -0.39 is 0 Å². The van der Waals surface area contributed by atoms with Gasteiger partial charge in [0, 0.05) is 65.6 Å². The average Bonchev–Trinajstić information content (AvgIpc) is 4.09. The summed E-state index contributed by atoms with van der Waals surface area (Å²) in [5.41, 5.74) is 14.8. The second-order valence-electron chi connectivity index (χ2n) is 16.4. The molecule has 0 N–H and O–H groups in total. The maximum Gasteiger partial charge on any atom is 0.143 e. The summed E-state index contributed by atoms with van der Waals surface area (Å²) in [5.74, 6) is 0. The Bertz CT molecular complexity index is 4160. The van der Waals surface area contributed by atoms with Crippen LogP contribution in [0.5, 0.6) is 0 Å². The molecule has 4 aromatic heterocycles. The van der Waals surface area contributed by atoms with Crippen LogP contribution in [0.4, 0.5) is 0 Å². The largest absolute Gasteiger partial charge is 0.455 e. The molecule has 288 valence electrons. The topological polar surface area (TPSA) is 36.1 Å². The van der Waals surface area contributed by atoms with Gasteiger partial charge in [0.1, 0.15) is 22.3 Å². The van der Waals surface area contributed by atoms with Crippen LogP contribution in [0, 0.1) is 0 Å². The second-order valence-corrected chi connectivity index (χ2v) is 16.4. The Balaban J connectivity index is 1.05. The molecule has 0 fully saturated rings. The van der Waals surface area contributed by atoms with Crippen molar-refractivity contribution in [3.8, 4) is 33.6 Å². The van der Waals surface area contributed by atoms with Crippen LogP contribution in [0.1, 0.15) is 0 Å². The molecule has 0 atom stereocenters. The molecule has 4 nitrogen and oxygen atoms in total. The minimum Gasteiger partial charge on any atom is -0.455 e. The average molecular weight is 791 g/mol. The van der Waals surface area contributed by atoms with E-state index in [4.69, 9.17) is 8.83 Å². The van der Waals surface area contributed by atoms with E-state index in [0.29, 0.717) is 0 Å². The molecule has 0 radical (unpaired) electrons. The first-order valence-electron chi connectivity index (χ1n) is 21.2. The summed E-state index contributed by atoms with van der Waals surface area (Å²) in [5, 5.41) is 11.7. The lowest BCUT2D eigenvalue weighted by Crippen LogP contribution is -1.95. The van der Waals surface area contributed by atoms with E-state index in [1.165, 1.54) is 60.0 Å². The summed E-state index contributed by atoms with van der Waals surface area (Å²) in [6.07, 6.45) is 0. The summed E-state index contributed by atoms with van der Waals surface area (Å²) in [7, 11) is 0. The van der Waals surface area contributed by atoms with Gasteiger partial charge in [0.25, 0.3) is 0 Å². The molecule has 0 unspecified atom stereocenters. The second kappa shape index (κ2) is 12.6. The molecule has 0 saturated carbocycles. The normalized spacial score (nSPS) is 12.2. The van der Waals surface area contributed by atoms with Gasteiger partial charge in [-0.1, -0.05) is 146 Å². The molecule has 0 amide bonds. The maximum absolute atomic E-state index is 6.83. The molecule has 0 aliphatic carbocycles. The molecule has 4 heteroatoms. The lowest BCUT2D eigenvalue weighted by atomic mass is 10.00. The first-order chi connectivity index (χ1) is 30.7. The van der Waals surface area contributed by atoms with Crippen LogP contribution in [0.3, 0.4) is 0 Å². The number of aromatic nitrogens is 2. The third-order valence-electron chi connectivity index (χ3n) is 13.1. The minimum absolute atomic E-state index is 0.846. The SMILES string of the molecule is c1ccc(-c2ccc3c(c2)c2ccc4c(c5ccccc5n4-c4ccc5ccccc5c4)c2n3-c2ccc3oc4c(-c5cccc6c5oc5ccccc56)cccc4c3c2)cc1. The fraction of sp³-hybridized carbons (Fsp3) is 0. The fourth-order valence-corrected chi connectivity index (χ4v) is 10.3. The predicted octanol–water partition coefficient (Wildman–Crippen LogP) is 16.2. The van der Waals surface area contributed by atoms with Crippen molar-refractivity contribution in [2.45, 2.75) is 0 Å². The number of hydrogen-bond acceptors (Lipinski definition) is 2. The Morgan fingerprint density at radius 1 is 0.306 bits per heavy atom. The highest BCUT2D eigenvalue weighted by Crippen LogP contribution is 2.45. The van der Waals surface area contributed by atoms with Crippen LogP contribution >= 0.6 is 0 Å². The predicted molar refractivity (Wildman–Crippen MR) is 258 cm³/mol. The standard InChI is InChI=1S/C58H34N2O2/c1-2-12-35(13-3-1)38-25-29-51-48(33-38)42-28-30-52-55(47-17-6-8-22-50(47)59(52)39-26-24-36-14-4-5-15-37(36)32-39)56(42)60(51)40-27-31-54-49(34-40)46-21-11-20-45(58(46)62-54)44-19-10-18-43-41-16-7-9-23-53(41)61-57(43)44/h1-34H.